The van der Waals surface area contributed by atoms with Gasteiger partial charge >= 0.3 is 6.36 Å². The lowest BCUT2D eigenvalue weighted by Crippen LogP contribution is -2.18. The van der Waals surface area contributed by atoms with Crippen molar-refractivity contribution in [2.24, 2.45) is 0 Å². The molecular formula is C23H20Cl2F3NO4. The van der Waals surface area contributed by atoms with Crippen LogP contribution in [0.3, 0.4) is 0 Å². The van der Waals surface area contributed by atoms with E-state index in [2.05, 4.69) is 10.1 Å². The summed E-state index contributed by atoms with van der Waals surface area (Å²) in [5.41, 5.74) is 1.67. The van der Waals surface area contributed by atoms with Crippen molar-refractivity contribution in [2.75, 3.05) is 19.5 Å². The summed E-state index contributed by atoms with van der Waals surface area (Å²) >= 11 is 12.3. The Hall–Kier alpha value is -2.81. The summed E-state index contributed by atoms with van der Waals surface area (Å²) in [5, 5.41) is 14.2. The van der Waals surface area contributed by atoms with Gasteiger partial charge < -0.3 is 24.6 Å². The van der Waals surface area contributed by atoms with Gasteiger partial charge in [-0.05, 0) is 36.4 Å². The number of aliphatic hydroxyl groups is 1. The Morgan fingerprint density at radius 2 is 1.70 bits per heavy atom. The van der Waals surface area contributed by atoms with Crippen molar-refractivity contribution in [1.82, 2.24) is 0 Å². The molecular weight excluding hydrogens is 482 g/mol. The highest BCUT2D eigenvalue weighted by atomic mass is 35.5. The standard InChI is InChI=1S/C23H20Cl2F3NO4/c1-31-15-8-6-13(20(11-15)32-2)12-29-18-9-7-14(24)10-17(18)22(30)16-4-3-5-19(21(16)25)33-23(26,27)28/h3-11,22,29-30H,12H2,1-2H3/t22-/m1/s1. The minimum absolute atomic E-state index is 0.0331. The van der Waals surface area contributed by atoms with Gasteiger partial charge in [-0.3, -0.25) is 0 Å². The van der Waals surface area contributed by atoms with Crippen LogP contribution in [0.1, 0.15) is 22.8 Å². The zero-order valence-corrected chi connectivity index (χ0v) is 19.1. The molecule has 5 nitrogen and oxygen atoms in total. The quantitative estimate of drug-likeness (QED) is 0.364. The molecule has 2 N–H and O–H groups in total. The second kappa shape index (κ2) is 10.4. The predicted molar refractivity (Wildman–Crippen MR) is 121 cm³/mol. The number of ether oxygens (including phenoxy) is 3. The molecule has 33 heavy (non-hydrogen) atoms. The molecule has 3 rings (SSSR count). The highest BCUT2D eigenvalue weighted by Crippen LogP contribution is 2.39. The van der Waals surface area contributed by atoms with E-state index in [9.17, 15) is 18.3 Å². The molecule has 10 heteroatoms. The summed E-state index contributed by atoms with van der Waals surface area (Å²) in [4.78, 5) is 0. The first kappa shape index (κ1) is 24.8. The van der Waals surface area contributed by atoms with Crippen LogP contribution in [0.4, 0.5) is 18.9 Å². The lowest BCUT2D eigenvalue weighted by molar-refractivity contribution is -0.274. The number of benzene rings is 3. The lowest BCUT2D eigenvalue weighted by Gasteiger charge is -2.20. The molecule has 0 fully saturated rings. The molecule has 3 aromatic carbocycles. The van der Waals surface area contributed by atoms with Crippen LogP contribution in [0.15, 0.2) is 54.6 Å². The van der Waals surface area contributed by atoms with Crippen molar-refractivity contribution in [2.45, 2.75) is 19.0 Å². The zero-order chi connectivity index (χ0) is 24.2. The average molecular weight is 502 g/mol. The van der Waals surface area contributed by atoms with Crippen LogP contribution in [-0.4, -0.2) is 25.7 Å². The van der Waals surface area contributed by atoms with Crippen LogP contribution >= 0.6 is 23.2 Å². The Labute approximate surface area is 198 Å². The molecule has 0 saturated heterocycles. The lowest BCUT2D eigenvalue weighted by atomic mass is 9.99. The summed E-state index contributed by atoms with van der Waals surface area (Å²) < 4.78 is 52.6. The van der Waals surface area contributed by atoms with Crippen LogP contribution in [0.25, 0.3) is 0 Å². The van der Waals surface area contributed by atoms with Crippen molar-refractivity contribution in [3.63, 3.8) is 0 Å². The maximum atomic E-state index is 12.7. The van der Waals surface area contributed by atoms with Crippen molar-refractivity contribution in [1.29, 1.82) is 0 Å². The first-order chi connectivity index (χ1) is 15.6. The monoisotopic (exact) mass is 501 g/mol. The molecule has 0 aliphatic heterocycles. The fraction of sp³-hybridized carbons (Fsp3) is 0.217. The SMILES string of the molecule is COc1ccc(CNc2ccc(Cl)cc2[C@H](O)c2cccc(OC(F)(F)F)c2Cl)c(OC)c1. The van der Waals surface area contributed by atoms with E-state index >= 15 is 0 Å². The summed E-state index contributed by atoms with van der Waals surface area (Å²) in [5.74, 6) is 0.618. The van der Waals surface area contributed by atoms with Crippen LogP contribution in [0, 0.1) is 0 Å². The van der Waals surface area contributed by atoms with E-state index in [1.807, 2.05) is 6.07 Å². The fourth-order valence-corrected chi connectivity index (χ4v) is 3.67. The van der Waals surface area contributed by atoms with Gasteiger partial charge in [-0.2, -0.15) is 0 Å². The Kier molecular flexibility index (Phi) is 7.84. The minimum Gasteiger partial charge on any atom is -0.497 e. The molecule has 3 aromatic rings. The van der Waals surface area contributed by atoms with Gasteiger partial charge in [0, 0.05) is 40.0 Å². The first-order valence-electron chi connectivity index (χ1n) is 9.59. The van der Waals surface area contributed by atoms with Gasteiger partial charge in [-0.25, -0.2) is 0 Å². The molecule has 0 amide bonds. The molecule has 0 radical (unpaired) electrons. The van der Waals surface area contributed by atoms with Gasteiger partial charge in [0.05, 0.1) is 19.2 Å². The third-order valence-electron chi connectivity index (χ3n) is 4.79. The molecule has 0 aliphatic rings. The van der Waals surface area contributed by atoms with E-state index < -0.39 is 18.2 Å². The molecule has 176 valence electrons. The Balaban J connectivity index is 1.91. The average Bonchev–Trinajstić information content (AvgIpc) is 2.78. The van der Waals surface area contributed by atoms with Gasteiger partial charge in [-0.15, -0.1) is 13.2 Å². The van der Waals surface area contributed by atoms with Gasteiger partial charge in [0.2, 0.25) is 0 Å². The molecule has 0 spiro atoms. The Bertz CT molecular complexity index is 1130. The minimum atomic E-state index is -4.92. The molecule has 0 aliphatic carbocycles. The predicted octanol–water partition coefficient (Wildman–Crippen LogP) is 6.60. The maximum Gasteiger partial charge on any atom is 0.573 e. The number of methoxy groups -OCH3 is 2. The first-order valence-corrected chi connectivity index (χ1v) is 10.3. The number of halogens is 5. The zero-order valence-electron chi connectivity index (χ0n) is 17.5. The van der Waals surface area contributed by atoms with Crippen molar-refractivity contribution >= 4 is 28.9 Å². The summed E-state index contributed by atoms with van der Waals surface area (Å²) in [6.45, 7) is 0.319. The van der Waals surface area contributed by atoms with E-state index in [0.717, 1.165) is 11.6 Å². The number of alkyl halides is 3. The van der Waals surface area contributed by atoms with E-state index in [4.69, 9.17) is 32.7 Å². The Morgan fingerprint density at radius 1 is 0.939 bits per heavy atom. The topological polar surface area (TPSA) is 60.0 Å². The summed E-state index contributed by atoms with van der Waals surface area (Å²) in [6, 6.07) is 13.9. The van der Waals surface area contributed by atoms with Crippen molar-refractivity contribution in [3.8, 4) is 17.2 Å². The molecule has 1 atom stereocenters. The van der Waals surface area contributed by atoms with Crippen molar-refractivity contribution < 1.29 is 32.5 Å². The number of aliphatic hydroxyl groups excluding tert-OH is 1. The number of rotatable bonds is 8. The Morgan fingerprint density at radius 3 is 2.36 bits per heavy atom. The normalized spacial score (nSPS) is 12.2. The number of nitrogens with one attached hydrogen (secondary N) is 1. The van der Waals surface area contributed by atoms with Gasteiger partial charge in [0.15, 0.2) is 0 Å². The smallest absolute Gasteiger partial charge is 0.497 e. The maximum absolute atomic E-state index is 12.7. The summed E-state index contributed by atoms with van der Waals surface area (Å²) in [6.07, 6.45) is -6.30. The third-order valence-corrected chi connectivity index (χ3v) is 5.42. The van der Waals surface area contributed by atoms with E-state index in [1.165, 1.54) is 25.3 Å². The van der Waals surface area contributed by atoms with E-state index in [1.54, 1.807) is 31.4 Å². The van der Waals surface area contributed by atoms with Crippen LogP contribution < -0.4 is 19.5 Å². The summed E-state index contributed by atoms with van der Waals surface area (Å²) in [7, 11) is 3.09. The second-order valence-corrected chi connectivity index (χ2v) is 7.69. The van der Waals surface area contributed by atoms with Crippen LogP contribution in [-0.2, 0) is 6.54 Å². The number of hydrogen-bond donors (Lipinski definition) is 2. The number of anilines is 1. The van der Waals surface area contributed by atoms with Gasteiger partial charge in [0.1, 0.15) is 23.4 Å². The fourth-order valence-electron chi connectivity index (χ4n) is 3.22. The van der Waals surface area contributed by atoms with E-state index in [0.29, 0.717) is 34.3 Å². The third kappa shape index (κ3) is 6.16. The highest BCUT2D eigenvalue weighted by molar-refractivity contribution is 6.33. The molecule has 0 unspecified atom stereocenters. The van der Waals surface area contributed by atoms with Crippen LogP contribution in [0.2, 0.25) is 10.0 Å². The van der Waals surface area contributed by atoms with E-state index in [-0.39, 0.29) is 10.6 Å². The number of hydrogen-bond acceptors (Lipinski definition) is 5. The van der Waals surface area contributed by atoms with Gasteiger partial charge in [0.25, 0.3) is 0 Å². The largest absolute Gasteiger partial charge is 0.573 e. The highest BCUT2D eigenvalue weighted by Gasteiger charge is 2.33. The van der Waals surface area contributed by atoms with Gasteiger partial charge in [-0.1, -0.05) is 35.3 Å². The van der Waals surface area contributed by atoms with Crippen LogP contribution in [0.5, 0.6) is 17.2 Å². The molecule has 0 heterocycles. The second-order valence-electron chi connectivity index (χ2n) is 6.87. The molecule has 0 saturated carbocycles. The molecule has 0 aromatic heterocycles. The van der Waals surface area contributed by atoms with Crippen molar-refractivity contribution in [3.05, 3.63) is 81.3 Å². The molecule has 0 bridgehead atoms.